The van der Waals surface area contributed by atoms with Crippen molar-refractivity contribution in [2.75, 3.05) is 18.4 Å². The first kappa shape index (κ1) is 21.5. The van der Waals surface area contributed by atoms with Crippen LogP contribution in [0.15, 0.2) is 48.5 Å². The topological polar surface area (TPSA) is 50.2 Å². The molecule has 0 atom stereocenters. The maximum Gasteiger partial charge on any atom is 0.227 e. The summed E-state index contributed by atoms with van der Waals surface area (Å²) in [6.07, 6.45) is 1.60. The Morgan fingerprint density at radius 1 is 1.16 bits per heavy atom. The van der Waals surface area contributed by atoms with Gasteiger partial charge in [0, 0.05) is 30.8 Å². The van der Waals surface area contributed by atoms with Crippen LogP contribution in [0.5, 0.6) is 0 Å². The van der Waals surface area contributed by atoms with Gasteiger partial charge in [-0.2, -0.15) is 5.10 Å². The fourth-order valence-corrected chi connectivity index (χ4v) is 4.35. The Hall–Kier alpha value is -2.70. The molecular weight excluding hydrogens is 415 g/mol. The Morgan fingerprint density at radius 3 is 2.48 bits per heavy atom. The second kappa shape index (κ2) is 9.20. The predicted octanol–water partition coefficient (Wildman–Crippen LogP) is 5.04. The van der Waals surface area contributed by atoms with Gasteiger partial charge in [0.15, 0.2) is 0 Å². The summed E-state index contributed by atoms with van der Waals surface area (Å²) in [4.78, 5) is 15.1. The number of carbonyl (C=O) groups excluding carboxylic acids is 1. The molecule has 4 rings (SSSR count). The molecule has 1 fully saturated rings. The van der Waals surface area contributed by atoms with Crippen molar-refractivity contribution in [3.8, 4) is 11.1 Å². The fourth-order valence-electron chi connectivity index (χ4n) is 4.12. The van der Waals surface area contributed by atoms with E-state index in [2.05, 4.69) is 15.3 Å². The normalized spacial score (nSPS) is 15.2. The highest BCUT2D eigenvalue weighted by Crippen LogP contribution is 2.27. The van der Waals surface area contributed by atoms with Crippen molar-refractivity contribution in [1.82, 2.24) is 14.7 Å². The molecule has 2 aromatic carbocycles. The lowest BCUT2D eigenvalue weighted by atomic mass is 9.95. The molecule has 0 saturated carbocycles. The average molecular weight is 441 g/mol. The molecule has 0 spiro atoms. The minimum atomic E-state index is -0.276. The molecular formula is C24H26ClFN4O. The van der Waals surface area contributed by atoms with E-state index in [1.54, 1.807) is 10.7 Å². The highest BCUT2D eigenvalue weighted by Gasteiger charge is 2.26. The number of amides is 1. The zero-order valence-electron chi connectivity index (χ0n) is 17.7. The maximum atomic E-state index is 13.5. The summed E-state index contributed by atoms with van der Waals surface area (Å²) in [6, 6.07) is 14.0. The van der Waals surface area contributed by atoms with E-state index >= 15 is 0 Å². The van der Waals surface area contributed by atoms with Gasteiger partial charge in [-0.25, -0.2) is 4.39 Å². The van der Waals surface area contributed by atoms with E-state index in [1.165, 1.54) is 12.1 Å². The Bertz CT molecular complexity index is 1090. The van der Waals surface area contributed by atoms with Crippen LogP contribution in [-0.4, -0.2) is 33.7 Å². The van der Waals surface area contributed by atoms with E-state index in [0.29, 0.717) is 5.15 Å². The molecule has 3 aromatic rings. The number of hydrogen-bond acceptors (Lipinski definition) is 3. The summed E-state index contributed by atoms with van der Waals surface area (Å²) >= 11 is 6.36. The number of anilines is 1. The van der Waals surface area contributed by atoms with Crippen molar-refractivity contribution in [2.24, 2.45) is 13.0 Å². The van der Waals surface area contributed by atoms with E-state index < -0.39 is 0 Å². The van der Waals surface area contributed by atoms with Crippen LogP contribution in [-0.2, 0) is 18.4 Å². The highest BCUT2D eigenvalue weighted by atomic mass is 35.5. The summed E-state index contributed by atoms with van der Waals surface area (Å²) < 4.78 is 15.2. The van der Waals surface area contributed by atoms with Crippen LogP contribution < -0.4 is 5.32 Å². The summed E-state index contributed by atoms with van der Waals surface area (Å²) in [7, 11) is 1.85. The fraction of sp³-hybridized carbons (Fsp3) is 0.333. The highest BCUT2D eigenvalue weighted by molar-refractivity contribution is 6.30. The van der Waals surface area contributed by atoms with Crippen LogP contribution in [0.25, 0.3) is 11.1 Å². The minimum Gasteiger partial charge on any atom is -0.326 e. The second-order valence-electron chi connectivity index (χ2n) is 8.11. The van der Waals surface area contributed by atoms with Gasteiger partial charge in [-0.15, -0.1) is 0 Å². The molecule has 1 N–H and O–H groups in total. The van der Waals surface area contributed by atoms with Crippen molar-refractivity contribution < 1.29 is 9.18 Å². The zero-order chi connectivity index (χ0) is 22.0. The number of halogens is 2. The third-order valence-electron chi connectivity index (χ3n) is 5.90. The summed E-state index contributed by atoms with van der Waals surface area (Å²) in [5.74, 6) is -0.271. The third-order valence-corrected chi connectivity index (χ3v) is 6.37. The molecule has 1 aliphatic rings. The molecule has 0 aliphatic carbocycles. The Labute approximate surface area is 186 Å². The number of carbonyl (C=O) groups is 1. The van der Waals surface area contributed by atoms with Gasteiger partial charge in [0.1, 0.15) is 11.0 Å². The van der Waals surface area contributed by atoms with Crippen molar-refractivity contribution in [1.29, 1.82) is 0 Å². The van der Waals surface area contributed by atoms with Crippen LogP contribution >= 0.6 is 11.6 Å². The number of aryl methyl sites for hydroxylation is 2. The van der Waals surface area contributed by atoms with Gasteiger partial charge in [0.25, 0.3) is 0 Å². The first-order valence-electron chi connectivity index (χ1n) is 10.5. The molecule has 0 radical (unpaired) electrons. The van der Waals surface area contributed by atoms with Gasteiger partial charge in [0.05, 0.1) is 5.69 Å². The van der Waals surface area contributed by atoms with E-state index in [4.69, 9.17) is 11.6 Å². The van der Waals surface area contributed by atoms with Gasteiger partial charge >= 0.3 is 0 Å². The first-order valence-corrected chi connectivity index (χ1v) is 10.9. The Kier molecular flexibility index (Phi) is 6.39. The number of hydrogen-bond donors (Lipinski definition) is 1. The molecule has 1 aromatic heterocycles. The zero-order valence-corrected chi connectivity index (χ0v) is 18.5. The number of nitrogens with zero attached hydrogens (tertiary/aromatic N) is 3. The quantitative estimate of drug-likeness (QED) is 0.604. The monoisotopic (exact) mass is 440 g/mol. The van der Waals surface area contributed by atoms with Gasteiger partial charge < -0.3 is 5.32 Å². The second-order valence-corrected chi connectivity index (χ2v) is 8.47. The largest absolute Gasteiger partial charge is 0.326 e. The van der Waals surface area contributed by atoms with Crippen LogP contribution in [0, 0.1) is 18.7 Å². The number of piperidine rings is 1. The van der Waals surface area contributed by atoms with Crippen LogP contribution in [0.3, 0.4) is 0 Å². The lowest BCUT2D eigenvalue weighted by Crippen LogP contribution is -2.37. The molecule has 0 unspecified atom stereocenters. The number of nitrogens with one attached hydrogen (secondary N) is 1. The molecule has 1 amide bonds. The van der Waals surface area contributed by atoms with E-state index in [1.807, 2.05) is 44.3 Å². The van der Waals surface area contributed by atoms with Gasteiger partial charge in [0.2, 0.25) is 5.91 Å². The van der Waals surface area contributed by atoms with Crippen molar-refractivity contribution in [3.63, 3.8) is 0 Å². The third kappa shape index (κ3) is 4.97. The predicted molar refractivity (Wildman–Crippen MR) is 121 cm³/mol. The maximum absolute atomic E-state index is 13.5. The standard InChI is InChI=1S/C24H26ClFN4O/c1-16-22(23(25)29(2)28-16)15-30-11-9-17(10-12-30)24(31)27-21-8-4-6-19(14-21)18-5-3-7-20(26)13-18/h3-8,13-14,17H,9-12,15H2,1-2H3,(H,27,31). The van der Waals surface area contributed by atoms with Gasteiger partial charge in [-0.3, -0.25) is 14.4 Å². The van der Waals surface area contributed by atoms with Crippen molar-refractivity contribution in [2.45, 2.75) is 26.3 Å². The SMILES string of the molecule is Cc1nn(C)c(Cl)c1CN1CCC(C(=O)Nc2cccc(-c3cccc(F)c3)c2)CC1. The number of aromatic nitrogens is 2. The van der Waals surface area contributed by atoms with Gasteiger partial charge in [-0.1, -0.05) is 35.9 Å². The average Bonchev–Trinajstić information content (AvgIpc) is 3.00. The van der Waals surface area contributed by atoms with Crippen molar-refractivity contribution in [3.05, 3.63) is 70.8 Å². The van der Waals surface area contributed by atoms with Crippen LogP contribution in [0.1, 0.15) is 24.1 Å². The number of benzene rings is 2. The van der Waals surface area contributed by atoms with E-state index in [9.17, 15) is 9.18 Å². The van der Waals surface area contributed by atoms with Crippen LogP contribution in [0.4, 0.5) is 10.1 Å². The number of rotatable bonds is 5. The molecule has 1 saturated heterocycles. The molecule has 0 bridgehead atoms. The molecule has 5 nitrogen and oxygen atoms in total. The molecule has 2 heterocycles. The first-order chi connectivity index (χ1) is 14.9. The lowest BCUT2D eigenvalue weighted by Gasteiger charge is -2.31. The molecule has 162 valence electrons. The summed E-state index contributed by atoms with van der Waals surface area (Å²) in [5.41, 5.74) is 4.39. The summed E-state index contributed by atoms with van der Waals surface area (Å²) in [5, 5.41) is 8.09. The molecule has 7 heteroatoms. The lowest BCUT2D eigenvalue weighted by molar-refractivity contribution is -0.121. The van der Waals surface area contributed by atoms with Gasteiger partial charge in [-0.05, 0) is 68.2 Å². The van der Waals surface area contributed by atoms with E-state index in [0.717, 1.165) is 60.5 Å². The smallest absolute Gasteiger partial charge is 0.227 e. The molecule has 31 heavy (non-hydrogen) atoms. The van der Waals surface area contributed by atoms with Crippen molar-refractivity contribution >= 4 is 23.2 Å². The molecule has 1 aliphatic heterocycles. The van der Waals surface area contributed by atoms with E-state index in [-0.39, 0.29) is 17.6 Å². The Balaban J connectivity index is 1.35. The number of likely N-dealkylation sites (tertiary alicyclic amines) is 1. The minimum absolute atomic E-state index is 0.0282. The Morgan fingerprint density at radius 2 is 1.84 bits per heavy atom. The summed E-state index contributed by atoms with van der Waals surface area (Å²) in [6.45, 7) is 4.40. The van der Waals surface area contributed by atoms with Crippen LogP contribution in [0.2, 0.25) is 5.15 Å².